The Morgan fingerprint density at radius 1 is 1.03 bits per heavy atom. The number of hydrogen-bond acceptors (Lipinski definition) is 3. The van der Waals surface area contributed by atoms with Crippen molar-refractivity contribution >= 4 is 20.7 Å². The van der Waals surface area contributed by atoms with Crippen molar-refractivity contribution in [3.63, 3.8) is 0 Å². The molecule has 0 unspecified atom stereocenters. The Morgan fingerprint density at radius 3 is 2.59 bits per heavy atom. The molecule has 154 valence electrons. The van der Waals surface area contributed by atoms with Crippen LogP contribution in [-0.4, -0.2) is 25.8 Å². The summed E-state index contributed by atoms with van der Waals surface area (Å²) in [6.07, 6.45) is 6.08. The number of fused-ring (bicyclic) bond motifs is 3. The number of rotatable bonds is 6. The van der Waals surface area contributed by atoms with Gasteiger partial charge in [0.15, 0.2) is 21.5 Å². The Hall–Kier alpha value is -2.41. The molecule has 4 rings (SSSR count). The fourth-order valence-electron chi connectivity index (χ4n) is 4.08. The Bertz CT molecular complexity index is 1170. The predicted octanol–water partition coefficient (Wildman–Crippen LogP) is 4.67. The van der Waals surface area contributed by atoms with E-state index in [4.69, 9.17) is 4.74 Å². The molecule has 4 nitrogen and oxygen atoms in total. The van der Waals surface area contributed by atoms with Crippen LogP contribution in [0.2, 0.25) is 0 Å². The van der Waals surface area contributed by atoms with E-state index in [9.17, 15) is 17.2 Å². The van der Waals surface area contributed by atoms with Crippen LogP contribution >= 0.6 is 0 Å². The fourth-order valence-corrected chi connectivity index (χ4v) is 4.73. The molecule has 0 aliphatic heterocycles. The summed E-state index contributed by atoms with van der Waals surface area (Å²) in [5.74, 6) is -1.51. The molecule has 0 bridgehead atoms. The number of nitrogens with zero attached hydrogens (tertiary/aromatic N) is 1. The molecule has 1 aliphatic rings. The summed E-state index contributed by atoms with van der Waals surface area (Å²) in [5, 5.41) is 1.02. The summed E-state index contributed by atoms with van der Waals surface area (Å²) in [7, 11) is -3.26. The van der Waals surface area contributed by atoms with Gasteiger partial charge in [0.25, 0.3) is 0 Å². The number of halogens is 2. The molecule has 1 aromatic heterocycles. The van der Waals surface area contributed by atoms with E-state index in [1.54, 1.807) is 12.1 Å². The maximum absolute atomic E-state index is 13.3. The smallest absolute Gasteiger partial charge is 0.175 e. The monoisotopic (exact) mass is 419 g/mol. The van der Waals surface area contributed by atoms with Crippen molar-refractivity contribution in [2.45, 2.75) is 43.5 Å². The second-order valence-corrected chi connectivity index (χ2v) is 9.53. The third kappa shape index (κ3) is 4.01. The summed E-state index contributed by atoms with van der Waals surface area (Å²) in [5.41, 5.74) is 3.56. The first-order chi connectivity index (χ1) is 13.8. The van der Waals surface area contributed by atoms with Gasteiger partial charge in [-0.15, -0.1) is 0 Å². The van der Waals surface area contributed by atoms with Gasteiger partial charge in [-0.2, -0.15) is 0 Å². The van der Waals surface area contributed by atoms with E-state index in [1.165, 1.54) is 23.6 Å². The zero-order chi connectivity index (χ0) is 20.6. The van der Waals surface area contributed by atoms with E-state index in [0.29, 0.717) is 30.2 Å². The normalized spacial score (nSPS) is 14.2. The van der Waals surface area contributed by atoms with Crippen LogP contribution in [0.25, 0.3) is 10.9 Å². The molecule has 7 heteroatoms. The van der Waals surface area contributed by atoms with Crippen LogP contribution in [0, 0.1) is 11.6 Å². The predicted molar refractivity (Wildman–Crippen MR) is 108 cm³/mol. The van der Waals surface area contributed by atoms with Crippen LogP contribution in [0.1, 0.15) is 30.5 Å². The lowest BCUT2D eigenvalue weighted by molar-refractivity contribution is 0.299. The average Bonchev–Trinajstić information content (AvgIpc) is 3.00. The molecule has 29 heavy (non-hydrogen) atoms. The molecule has 0 amide bonds. The van der Waals surface area contributed by atoms with Crippen LogP contribution in [0.4, 0.5) is 8.78 Å². The second-order valence-electron chi connectivity index (χ2n) is 7.51. The van der Waals surface area contributed by atoms with Crippen LogP contribution in [0.5, 0.6) is 5.75 Å². The van der Waals surface area contributed by atoms with Crippen molar-refractivity contribution in [2.75, 3.05) is 12.9 Å². The largest absolute Gasteiger partial charge is 0.493 e. The van der Waals surface area contributed by atoms with Gasteiger partial charge < -0.3 is 9.30 Å². The minimum Gasteiger partial charge on any atom is -0.493 e. The third-order valence-corrected chi connectivity index (χ3v) is 6.57. The Kier molecular flexibility index (Phi) is 5.34. The lowest BCUT2D eigenvalue weighted by atomic mass is 9.95. The van der Waals surface area contributed by atoms with Crippen molar-refractivity contribution in [1.29, 1.82) is 0 Å². The number of aromatic nitrogens is 1. The zero-order valence-corrected chi connectivity index (χ0v) is 17.1. The van der Waals surface area contributed by atoms with Gasteiger partial charge in [0, 0.05) is 35.5 Å². The molecule has 0 radical (unpaired) electrons. The van der Waals surface area contributed by atoms with Gasteiger partial charge >= 0.3 is 0 Å². The molecule has 2 aromatic carbocycles. The van der Waals surface area contributed by atoms with Crippen molar-refractivity contribution in [3.8, 4) is 5.75 Å². The van der Waals surface area contributed by atoms with Gasteiger partial charge in [-0.1, -0.05) is 0 Å². The van der Waals surface area contributed by atoms with Crippen LogP contribution in [0.15, 0.2) is 41.3 Å². The highest BCUT2D eigenvalue weighted by atomic mass is 32.2. The first-order valence-corrected chi connectivity index (χ1v) is 11.7. The Labute approximate surface area is 169 Å². The van der Waals surface area contributed by atoms with Crippen LogP contribution < -0.4 is 4.74 Å². The van der Waals surface area contributed by atoms with Gasteiger partial charge in [0.05, 0.1) is 11.5 Å². The van der Waals surface area contributed by atoms with E-state index in [1.807, 2.05) is 6.07 Å². The van der Waals surface area contributed by atoms with Gasteiger partial charge in [-0.25, -0.2) is 17.2 Å². The molecule has 0 saturated heterocycles. The van der Waals surface area contributed by atoms with E-state index in [-0.39, 0.29) is 0 Å². The van der Waals surface area contributed by atoms with E-state index in [0.717, 1.165) is 48.7 Å². The summed E-state index contributed by atoms with van der Waals surface area (Å²) in [6.45, 7) is 1.09. The lowest BCUT2D eigenvalue weighted by Gasteiger charge is -2.16. The highest BCUT2D eigenvalue weighted by molar-refractivity contribution is 7.90. The summed E-state index contributed by atoms with van der Waals surface area (Å²) in [6, 6.07) is 8.87. The third-order valence-electron chi connectivity index (χ3n) is 5.46. The molecule has 0 saturated carbocycles. The maximum atomic E-state index is 13.3. The van der Waals surface area contributed by atoms with Gasteiger partial charge in [-0.05, 0) is 68.0 Å². The van der Waals surface area contributed by atoms with Gasteiger partial charge in [0.1, 0.15) is 5.75 Å². The summed E-state index contributed by atoms with van der Waals surface area (Å²) in [4.78, 5) is 0.345. The molecule has 0 fully saturated rings. The SMILES string of the molecule is CS(=O)(=O)c1ccc2c(c1)c1c(n2CCCOc2ccc(F)c(F)c2)CCCC1. The molecule has 0 atom stereocenters. The number of ether oxygens (including phenoxy) is 1. The minimum atomic E-state index is -3.26. The number of hydrogen-bond donors (Lipinski definition) is 0. The van der Waals surface area contributed by atoms with Crippen molar-refractivity contribution in [3.05, 3.63) is 59.3 Å². The molecular weight excluding hydrogens is 396 g/mol. The highest BCUT2D eigenvalue weighted by Gasteiger charge is 2.21. The second kappa shape index (κ2) is 7.78. The lowest BCUT2D eigenvalue weighted by Crippen LogP contribution is -2.10. The van der Waals surface area contributed by atoms with Gasteiger partial charge in [-0.3, -0.25) is 0 Å². The quantitative estimate of drug-likeness (QED) is 0.546. The first kappa shape index (κ1) is 19.9. The fraction of sp³-hybridized carbons (Fsp3) is 0.364. The number of sulfone groups is 1. The zero-order valence-electron chi connectivity index (χ0n) is 16.2. The number of benzene rings is 2. The highest BCUT2D eigenvalue weighted by Crippen LogP contribution is 2.34. The molecule has 3 aromatic rings. The van der Waals surface area contributed by atoms with E-state index < -0.39 is 21.5 Å². The Morgan fingerprint density at radius 2 is 1.83 bits per heavy atom. The topological polar surface area (TPSA) is 48.3 Å². The van der Waals surface area contributed by atoms with E-state index >= 15 is 0 Å². The Balaban J connectivity index is 1.56. The van der Waals surface area contributed by atoms with E-state index in [2.05, 4.69) is 4.57 Å². The molecular formula is C22H23F2NO3S. The minimum absolute atomic E-state index is 0.307. The standard InChI is InChI=1S/C22H23F2NO3S/c1-29(26,27)16-8-10-22-18(14-16)17-5-2-3-6-21(17)25(22)11-4-12-28-15-7-9-19(23)20(24)13-15/h7-10,13-14H,2-6,11-12H2,1H3. The molecule has 0 N–H and O–H groups in total. The van der Waals surface area contributed by atoms with Gasteiger partial charge in [0.2, 0.25) is 0 Å². The van der Waals surface area contributed by atoms with Crippen molar-refractivity contribution < 1.29 is 21.9 Å². The van der Waals surface area contributed by atoms with Crippen molar-refractivity contribution in [2.24, 2.45) is 0 Å². The number of aryl methyl sites for hydroxylation is 2. The first-order valence-electron chi connectivity index (χ1n) is 9.76. The molecule has 1 heterocycles. The van der Waals surface area contributed by atoms with Crippen molar-refractivity contribution in [1.82, 2.24) is 4.57 Å². The summed E-state index contributed by atoms with van der Waals surface area (Å²) >= 11 is 0. The average molecular weight is 419 g/mol. The summed E-state index contributed by atoms with van der Waals surface area (Å²) < 4.78 is 58.1. The molecule has 0 spiro atoms. The van der Waals surface area contributed by atoms with Crippen LogP contribution in [0.3, 0.4) is 0 Å². The maximum Gasteiger partial charge on any atom is 0.175 e. The molecule has 1 aliphatic carbocycles. The van der Waals surface area contributed by atoms with Crippen LogP contribution in [-0.2, 0) is 29.2 Å².